The highest BCUT2D eigenvalue weighted by Crippen LogP contribution is 2.26. The molecule has 0 bridgehead atoms. The topological polar surface area (TPSA) is 53.4 Å². The van der Waals surface area contributed by atoms with E-state index in [1.807, 2.05) is 12.1 Å². The van der Waals surface area contributed by atoms with Crippen molar-refractivity contribution in [2.24, 2.45) is 0 Å². The number of nitrogens with zero attached hydrogens (tertiary/aromatic N) is 4. The molecular formula is C31H32F3N5O. The molecule has 2 aliphatic heterocycles. The Kier molecular flexibility index (Phi) is 7.58. The minimum Gasteiger partial charge on any atom is -0.302 e. The number of amides is 1. The van der Waals surface area contributed by atoms with E-state index in [-0.39, 0.29) is 5.82 Å². The molecule has 9 heteroatoms. The first-order chi connectivity index (χ1) is 19.4. The minimum absolute atomic E-state index is 0.292. The lowest BCUT2D eigenvalue weighted by Gasteiger charge is -2.29. The van der Waals surface area contributed by atoms with Crippen LogP contribution in [0.1, 0.15) is 52.7 Å². The Morgan fingerprint density at radius 1 is 0.925 bits per heavy atom. The lowest BCUT2D eigenvalue weighted by molar-refractivity contribution is 0.100. The van der Waals surface area contributed by atoms with Gasteiger partial charge in [0.15, 0.2) is 0 Å². The van der Waals surface area contributed by atoms with E-state index in [2.05, 4.69) is 20.3 Å². The average molecular weight is 548 g/mol. The van der Waals surface area contributed by atoms with Crippen LogP contribution in [-0.2, 0) is 13.0 Å². The second kappa shape index (κ2) is 11.4. The smallest absolute Gasteiger partial charge is 0.271 e. The standard InChI is InChI=1S/C31H32F3N5O/c32-24-15-22(16-25(33)17-24)13-21-8-9-30-23(14-21)18-35-39(30)36-31(40)27-6-3-7-29(34)28(27)20-38-12-4-5-26(38)19-37-10-1-2-11-37/h3,6-9,14-18,26H,1-2,4-5,10-13,19-20H2,(H,36,40)/t26-/m0/s1. The normalized spacial score (nSPS) is 18.1. The Morgan fingerprint density at radius 2 is 1.73 bits per heavy atom. The maximum Gasteiger partial charge on any atom is 0.271 e. The molecule has 6 rings (SSSR count). The van der Waals surface area contributed by atoms with Crippen LogP contribution in [-0.4, -0.2) is 57.8 Å². The highest BCUT2D eigenvalue weighted by Gasteiger charge is 2.29. The van der Waals surface area contributed by atoms with Gasteiger partial charge >= 0.3 is 0 Å². The van der Waals surface area contributed by atoms with E-state index in [1.165, 1.54) is 35.8 Å². The summed E-state index contributed by atoms with van der Waals surface area (Å²) in [5.74, 6) is -2.05. The molecule has 1 amide bonds. The van der Waals surface area contributed by atoms with Crippen molar-refractivity contribution in [2.75, 3.05) is 31.6 Å². The predicted molar refractivity (Wildman–Crippen MR) is 148 cm³/mol. The average Bonchev–Trinajstić information content (AvgIpc) is 3.67. The minimum atomic E-state index is -0.616. The van der Waals surface area contributed by atoms with Crippen LogP contribution in [0, 0.1) is 17.5 Å². The molecule has 0 aliphatic carbocycles. The molecule has 208 valence electrons. The maximum atomic E-state index is 15.1. The van der Waals surface area contributed by atoms with E-state index in [9.17, 15) is 13.6 Å². The van der Waals surface area contributed by atoms with Crippen molar-refractivity contribution >= 4 is 16.8 Å². The molecule has 4 aromatic rings. The van der Waals surface area contributed by atoms with E-state index >= 15 is 4.39 Å². The maximum absolute atomic E-state index is 15.1. The molecule has 0 radical (unpaired) electrons. The van der Waals surface area contributed by atoms with Crippen molar-refractivity contribution in [1.82, 2.24) is 19.7 Å². The lowest BCUT2D eigenvalue weighted by Crippen LogP contribution is -2.39. The van der Waals surface area contributed by atoms with Crippen molar-refractivity contribution in [3.8, 4) is 0 Å². The molecule has 3 heterocycles. The number of hydrogen-bond acceptors (Lipinski definition) is 4. The van der Waals surface area contributed by atoms with Gasteiger partial charge in [0.05, 0.1) is 11.7 Å². The third-order valence-corrected chi connectivity index (χ3v) is 8.06. The summed E-state index contributed by atoms with van der Waals surface area (Å²) in [7, 11) is 0. The second-order valence-electron chi connectivity index (χ2n) is 10.9. The van der Waals surface area contributed by atoms with Crippen LogP contribution in [0.3, 0.4) is 0 Å². The van der Waals surface area contributed by atoms with Gasteiger partial charge in [-0.3, -0.25) is 9.69 Å². The van der Waals surface area contributed by atoms with Gasteiger partial charge in [0.2, 0.25) is 0 Å². The van der Waals surface area contributed by atoms with Crippen molar-refractivity contribution in [3.63, 3.8) is 0 Å². The van der Waals surface area contributed by atoms with Gasteiger partial charge in [-0.1, -0.05) is 12.1 Å². The van der Waals surface area contributed by atoms with E-state index < -0.39 is 17.5 Å². The van der Waals surface area contributed by atoms with Crippen LogP contribution in [0.2, 0.25) is 0 Å². The first-order valence-electron chi connectivity index (χ1n) is 13.9. The monoisotopic (exact) mass is 547 g/mol. The molecule has 0 unspecified atom stereocenters. The third-order valence-electron chi connectivity index (χ3n) is 8.06. The van der Waals surface area contributed by atoms with Gasteiger partial charge < -0.3 is 4.90 Å². The number of hydrogen-bond donors (Lipinski definition) is 1. The summed E-state index contributed by atoms with van der Waals surface area (Å²) in [6.45, 7) is 4.52. The molecular weight excluding hydrogens is 515 g/mol. The summed E-state index contributed by atoms with van der Waals surface area (Å²) >= 11 is 0. The summed E-state index contributed by atoms with van der Waals surface area (Å²) < 4.78 is 42.3. The first kappa shape index (κ1) is 26.5. The summed E-state index contributed by atoms with van der Waals surface area (Å²) in [6.07, 6.45) is 6.60. The molecule has 3 aromatic carbocycles. The molecule has 6 nitrogen and oxygen atoms in total. The fourth-order valence-corrected chi connectivity index (χ4v) is 6.10. The van der Waals surface area contributed by atoms with E-state index in [4.69, 9.17) is 0 Å². The largest absolute Gasteiger partial charge is 0.302 e. The van der Waals surface area contributed by atoms with Gasteiger partial charge in [0, 0.05) is 41.7 Å². The van der Waals surface area contributed by atoms with Gasteiger partial charge in [0.1, 0.15) is 17.5 Å². The van der Waals surface area contributed by atoms with Gasteiger partial charge in [-0.05, 0) is 99.3 Å². The number of nitrogens with one attached hydrogen (secondary N) is 1. The number of carbonyl (C=O) groups is 1. The van der Waals surface area contributed by atoms with Crippen LogP contribution >= 0.6 is 0 Å². The van der Waals surface area contributed by atoms with Gasteiger partial charge in [-0.2, -0.15) is 9.89 Å². The van der Waals surface area contributed by atoms with Gasteiger partial charge in [-0.15, -0.1) is 0 Å². The number of rotatable bonds is 8. The first-order valence-corrected chi connectivity index (χ1v) is 13.9. The van der Waals surface area contributed by atoms with Crippen molar-refractivity contribution in [1.29, 1.82) is 0 Å². The Bertz CT molecular complexity index is 1510. The number of benzene rings is 3. The number of carbonyl (C=O) groups excluding carboxylic acids is 1. The Balaban J connectivity index is 1.18. The zero-order valence-electron chi connectivity index (χ0n) is 22.3. The second-order valence-corrected chi connectivity index (χ2v) is 10.9. The molecule has 2 fully saturated rings. The Labute approximate surface area is 231 Å². The number of aromatic nitrogens is 2. The molecule has 2 aliphatic rings. The zero-order valence-corrected chi connectivity index (χ0v) is 22.3. The van der Waals surface area contributed by atoms with E-state index in [1.54, 1.807) is 24.4 Å². The predicted octanol–water partition coefficient (Wildman–Crippen LogP) is 5.49. The lowest BCUT2D eigenvalue weighted by atomic mass is 10.0. The molecule has 1 atom stereocenters. The van der Waals surface area contributed by atoms with Crippen LogP contribution in [0.15, 0.2) is 60.8 Å². The molecule has 2 saturated heterocycles. The SMILES string of the molecule is O=C(Nn1ncc2cc(Cc3cc(F)cc(F)c3)ccc21)c1cccc(F)c1CN1CCC[C@H]1CN1CCCC1. The van der Waals surface area contributed by atoms with Crippen LogP contribution < -0.4 is 5.43 Å². The fourth-order valence-electron chi connectivity index (χ4n) is 6.10. The summed E-state index contributed by atoms with van der Waals surface area (Å²) in [5.41, 5.74) is 5.53. The van der Waals surface area contributed by atoms with Crippen molar-refractivity contribution in [2.45, 2.75) is 44.7 Å². The summed E-state index contributed by atoms with van der Waals surface area (Å²) in [5, 5.41) is 5.08. The van der Waals surface area contributed by atoms with Crippen molar-refractivity contribution < 1.29 is 18.0 Å². The number of halogens is 3. The summed E-state index contributed by atoms with van der Waals surface area (Å²) in [6, 6.07) is 14.0. The molecule has 1 N–H and O–H groups in total. The van der Waals surface area contributed by atoms with Crippen LogP contribution in [0.5, 0.6) is 0 Å². The number of likely N-dealkylation sites (tertiary alicyclic amines) is 2. The van der Waals surface area contributed by atoms with Crippen LogP contribution in [0.4, 0.5) is 13.2 Å². The zero-order chi connectivity index (χ0) is 27.6. The molecule has 1 aromatic heterocycles. The molecule has 0 spiro atoms. The van der Waals surface area contributed by atoms with Gasteiger partial charge in [-0.25, -0.2) is 18.6 Å². The summed E-state index contributed by atoms with van der Waals surface area (Å²) in [4.78, 5) is 19.6. The number of fused-ring (bicyclic) bond motifs is 1. The van der Waals surface area contributed by atoms with E-state index in [0.29, 0.717) is 41.2 Å². The van der Waals surface area contributed by atoms with Crippen LogP contribution in [0.25, 0.3) is 10.9 Å². The highest BCUT2D eigenvalue weighted by molar-refractivity contribution is 6.02. The quantitative estimate of drug-likeness (QED) is 0.317. The Hall–Kier alpha value is -3.69. The Morgan fingerprint density at radius 3 is 2.52 bits per heavy atom. The van der Waals surface area contributed by atoms with Crippen molar-refractivity contribution in [3.05, 3.63) is 100 Å². The molecule has 0 saturated carbocycles. The molecule has 40 heavy (non-hydrogen) atoms. The van der Waals surface area contributed by atoms with E-state index in [0.717, 1.165) is 56.0 Å². The fraction of sp³-hybridized carbons (Fsp3) is 0.355. The highest BCUT2D eigenvalue weighted by atomic mass is 19.1. The van der Waals surface area contributed by atoms with Gasteiger partial charge in [0.25, 0.3) is 5.91 Å². The third kappa shape index (κ3) is 5.76.